The van der Waals surface area contributed by atoms with Gasteiger partial charge < -0.3 is 4.74 Å². The van der Waals surface area contributed by atoms with Crippen LogP contribution in [0.4, 0.5) is 0 Å². The van der Waals surface area contributed by atoms with Crippen LogP contribution >= 0.6 is 17.5 Å². The number of ketones is 1. The Morgan fingerprint density at radius 3 is 2.06 bits per heavy atom. The van der Waals surface area contributed by atoms with Crippen molar-refractivity contribution in [2.24, 2.45) is 0 Å². The number of fused-ring (bicyclic) bond motifs is 1. The summed E-state index contributed by atoms with van der Waals surface area (Å²) >= 11 is 7.81. The number of benzene rings is 3. The van der Waals surface area contributed by atoms with Crippen LogP contribution in [-0.4, -0.2) is 11.9 Å². The second-order valence-electron chi connectivity index (χ2n) is 7.30. The molecule has 1 aliphatic rings. The lowest BCUT2D eigenvalue weighted by Crippen LogP contribution is -2.39. The summed E-state index contributed by atoms with van der Waals surface area (Å²) in [6, 6.07) is 31.5. The third kappa shape index (κ3) is 3.79. The third-order valence-corrected chi connectivity index (χ3v) is 10.6. The molecule has 0 spiro atoms. The molecule has 6 heteroatoms. The highest BCUT2D eigenvalue weighted by Gasteiger charge is 2.42. The Labute approximate surface area is 190 Å². The summed E-state index contributed by atoms with van der Waals surface area (Å²) < 4.78 is 6.19. The van der Waals surface area contributed by atoms with Gasteiger partial charge in [0.15, 0.2) is 6.10 Å². The molecular formula is C25H20NO2PS2. The van der Waals surface area contributed by atoms with E-state index in [9.17, 15) is 4.79 Å². The van der Waals surface area contributed by atoms with E-state index in [4.69, 9.17) is 16.5 Å². The van der Waals surface area contributed by atoms with Gasteiger partial charge in [-0.2, -0.15) is 0 Å². The lowest BCUT2D eigenvalue weighted by Gasteiger charge is -2.30. The number of Topliss-reactive ketones (excluding diaryl/α,β-unsaturated/α-hetero) is 1. The first-order valence-corrected chi connectivity index (χ1v) is 13.7. The van der Waals surface area contributed by atoms with E-state index >= 15 is 0 Å². The zero-order valence-electron chi connectivity index (χ0n) is 16.5. The smallest absolute Gasteiger partial charge is 0.215 e. The van der Waals surface area contributed by atoms with Gasteiger partial charge in [0.2, 0.25) is 5.78 Å². The van der Waals surface area contributed by atoms with Crippen LogP contribution in [0.1, 0.15) is 21.3 Å². The zero-order valence-corrected chi connectivity index (χ0v) is 19.1. The quantitative estimate of drug-likeness (QED) is 0.322. The van der Waals surface area contributed by atoms with Crippen molar-refractivity contribution in [1.29, 1.82) is 0 Å². The number of ether oxygens (including phenoxy) is 1. The molecule has 1 aromatic heterocycles. The van der Waals surface area contributed by atoms with Crippen molar-refractivity contribution in [2.75, 3.05) is 0 Å². The molecule has 0 amide bonds. The maximum atomic E-state index is 13.4. The minimum atomic E-state index is -2.43. The van der Waals surface area contributed by atoms with Gasteiger partial charge in [-0.25, -0.2) is 0 Å². The Morgan fingerprint density at radius 1 is 0.839 bits per heavy atom. The average molecular weight is 462 g/mol. The van der Waals surface area contributed by atoms with Crippen LogP contribution in [0.3, 0.4) is 0 Å². The van der Waals surface area contributed by atoms with Gasteiger partial charge in [-0.15, -0.1) is 11.3 Å². The molecule has 0 fully saturated rings. The molecule has 1 aliphatic heterocycles. The minimum Gasteiger partial charge on any atom is -0.480 e. The number of hydrogen-bond acceptors (Lipinski definition) is 4. The fourth-order valence-electron chi connectivity index (χ4n) is 3.88. The van der Waals surface area contributed by atoms with Crippen LogP contribution in [0.5, 0.6) is 5.75 Å². The van der Waals surface area contributed by atoms with Crippen LogP contribution in [0, 0.1) is 0 Å². The second-order valence-corrected chi connectivity index (χ2v) is 12.4. The van der Waals surface area contributed by atoms with Crippen LogP contribution in [0.25, 0.3) is 0 Å². The van der Waals surface area contributed by atoms with E-state index in [1.54, 1.807) is 0 Å². The molecule has 2 heterocycles. The molecule has 0 bridgehead atoms. The molecule has 0 radical (unpaired) electrons. The number of carbonyl (C=O) groups excluding carboxylic acids is 1. The van der Waals surface area contributed by atoms with Gasteiger partial charge >= 0.3 is 0 Å². The predicted molar refractivity (Wildman–Crippen MR) is 132 cm³/mol. The molecule has 5 rings (SSSR count). The van der Waals surface area contributed by atoms with E-state index in [0.717, 1.165) is 21.9 Å². The number of rotatable bonds is 6. The van der Waals surface area contributed by atoms with Gasteiger partial charge in [0, 0.05) is 16.2 Å². The molecule has 0 unspecified atom stereocenters. The predicted octanol–water partition coefficient (Wildman–Crippen LogP) is 5.07. The molecule has 3 nitrogen and oxygen atoms in total. The highest BCUT2D eigenvalue weighted by Crippen LogP contribution is 2.47. The van der Waals surface area contributed by atoms with Gasteiger partial charge in [0.1, 0.15) is 5.75 Å². The van der Waals surface area contributed by atoms with Crippen molar-refractivity contribution in [1.82, 2.24) is 5.09 Å². The number of para-hydroxylation sites is 1. The van der Waals surface area contributed by atoms with Crippen LogP contribution in [-0.2, 0) is 11.8 Å². The second kappa shape index (κ2) is 8.52. The monoisotopic (exact) mass is 461 g/mol. The first kappa shape index (κ1) is 20.3. The molecule has 2 atom stereocenters. The molecule has 154 valence electrons. The number of hydrogen-bond donors (Lipinski definition) is 1. The topological polar surface area (TPSA) is 38.3 Å². The van der Waals surface area contributed by atoms with Crippen LogP contribution < -0.4 is 20.4 Å². The van der Waals surface area contributed by atoms with E-state index in [0.29, 0.717) is 4.88 Å². The summed E-state index contributed by atoms with van der Waals surface area (Å²) in [4.78, 5) is 14.1. The summed E-state index contributed by atoms with van der Waals surface area (Å²) in [5.41, 5.74) is 0.971. The molecule has 0 aliphatic carbocycles. The molecule has 3 aromatic carbocycles. The summed E-state index contributed by atoms with van der Waals surface area (Å²) in [6.07, 6.45) is -3.09. The first-order valence-electron chi connectivity index (χ1n) is 9.99. The van der Waals surface area contributed by atoms with E-state index in [-0.39, 0.29) is 11.8 Å². The lowest BCUT2D eigenvalue weighted by atomic mass is 10.0. The average Bonchev–Trinajstić information content (AvgIpc) is 3.49. The molecule has 0 saturated carbocycles. The molecule has 4 aromatic rings. The van der Waals surface area contributed by atoms with E-state index < -0.39 is 12.3 Å². The lowest BCUT2D eigenvalue weighted by molar-refractivity contribution is 0.0792. The summed E-state index contributed by atoms with van der Waals surface area (Å²) in [6.45, 7) is 0. The number of carbonyl (C=O) groups is 1. The number of nitrogens with one attached hydrogen (secondary N) is 1. The van der Waals surface area contributed by atoms with Gasteiger partial charge in [-0.1, -0.05) is 96.7 Å². The van der Waals surface area contributed by atoms with Crippen molar-refractivity contribution in [2.45, 2.75) is 12.1 Å². The molecule has 0 saturated heterocycles. The van der Waals surface area contributed by atoms with E-state index in [1.807, 2.05) is 78.2 Å². The van der Waals surface area contributed by atoms with E-state index in [2.05, 4.69) is 29.4 Å². The van der Waals surface area contributed by atoms with Gasteiger partial charge in [0.25, 0.3) is 0 Å². The highest BCUT2D eigenvalue weighted by atomic mass is 32.4. The van der Waals surface area contributed by atoms with Crippen molar-refractivity contribution in [3.8, 4) is 5.75 Å². The Morgan fingerprint density at radius 2 is 1.45 bits per heavy atom. The highest BCUT2D eigenvalue weighted by molar-refractivity contribution is 8.20. The van der Waals surface area contributed by atoms with Crippen LogP contribution in [0.15, 0.2) is 102 Å². The zero-order chi connectivity index (χ0) is 21.3. The third-order valence-electron chi connectivity index (χ3n) is 5.39. The number of thiophene rings is 1. The maximum absolute atomic E-state index is 13.4. The molecule has 1 N–H and O–H groups in total. The van der Waals surface area contributed by atoms with Gasteiger partial charge in [-0.05, 0) is 17.5 Å². The van der Waals surface area contributed by atoms with Crippen LogP contribution in [0.2, 0.25) is 0 Å². The Bertz CT molecular complexity index is 1200. The van der Waals surface area contributed by atoms with Crippen molar-refractivity contribution >= 4 is 45.7 Å². The van der Waals surface area contributed by atoms with Gasteiger partial charge in [0.05, 0.1) is 17.1 Å². The molecule has 31 heavy (non-hydrogen) atoms. The maximum Gasteiger partial charge on any atom is 0.215 e. The first-order chi connectivity index (χ1) is 15.2. The van der Waals surface area contributed by atoms with Gasteiger partial charge in [-0.3, -0.25) is 9.88 Å². The fourth-order valence-corrected chi connectivity index (χ4v) is 8.09. The Hall–Kier alpha value is -2.56. The Kier molecular flexibility index (Phi) is 5.59. The SMILES string of the molecule is O=C(c1cccs1)[C@@H]1Oc2ccccc2[C@H]1NP(=S)(c1ccccc1)c1ccccc1. The van der Waals surface area contributed by atoms with Crippen molar-refractivity contribution in [3.63, 3.8) is 0 Å². The minimum absolute atomic E-state index is 0.0219. The van der Waals surface area contributed by atoms with Crippen molar-refractivity contribution in [3.05, 3.63) is 113 Å². The fraction of sp³-hybridized carbons (Fsp3) is 0.0800. The summed E-state index contributed by atoms with van der Waals surface area (Å²) in [5.74, 6) is 0.712. The summed E-state index contributed by atoms with van der Waals surface area (Å²) in [5, 5.41) is 7.79. The van der Waals surface area contributed by atoms with Crippen molar-refractivity contribution < 1.29 is 9.53 Å². The molecular weight excluding hydrogens is 441 g/mol. The largest absolute Gasteiger partial charge is 0.480 e. The standard InChI is InChI=1S/C25H20NO2PS2/c27-24(22-16-9-17-31-22)25-23(20-14-7-8-15-21(20)28-25)26-29(30,18-10-3-1-4-11-18)19-12-5-2-6-13-19/h1-17,23,25H,(H,26,30)/t23-,25-/m1/s1. The summed E-state index contributed by atoms with van der Waals surface area (Å²) in [7, 11) is 0. The normalized spacial score (nSPS) is 17.7. The van der Waals surface area contributed by atoms with E-state index in [1.165, 1.54) is 11.3 Å². The Balaban J connectivity index is 1.61.